The standard InChI is InChI=1S/C9H14N2O2S/c1-6(2)11-7(9(12)13)4-10-8(11)5-14-3/h4,6H,5H2,1-3H3,(H,12,13). The Morgan fingerprint density at radius 1 is 1.71 bits per heavy atom. The zero-order valence-electron chi connectivity index (χ0n) is 8.52. The molecule has 78 valence electrons. The van der Waals surface area contributed by atoms with Crippen molar-refractivity contribution in [3.63, 3.8) is 0 Å². The van der Waals surface area contributed by atoms with Crippen LogP contribution in [0.1, 0.15) is 36.2 Å². The molecule has 0 saturated carbocycles. The van der Waals surface area contributed by atoms with Crippen LogP contribution >= 0.6 is 11.8 Å². The van der Waals surface area contributed by atoms with Crippen molar-refractivity contribution < 1.29 is 9.90 Å². The molecule has 0 unspecified atom stereocenters. The molecule has 1 rings (SSSR count). The normalized spacial score (nSPS) is 10.9. The predicted octanol–water partition coefficient (Wildman–Crippen LogP) is 2.03. The zero-order chi connectivity index (χ0) is 10.7. The van der Waals surface area contributed by atoms with Gasteiger partial charge in [-0.2, -0.15) is 11.8 Å². The summed E-state index contributed by atoms with van der Waals surface area (Å²) in [6.45, 7) is 3.91. The minimum Gasteiger partial charge on any atom is -0.477 e. The van der Waals surface area contributed by atoms with E-state index in [9.17, 15) is 4.79 Å². The Balaban J connectivity index is 3.13. The molecule has 14 heavy (non-hydrogen) atoms. The van der Waals surface area contributed by atoms with Crippen LogP contribution in [0.2, 0.25) is 0 Å². The molecule has 5 heteroatoms. The van der Waals surface area contributed by atoms with Crippen molar-refractivity contribution in [2.45, 2.75) is 25.6 Å². The Kier molecular flexibility index (Phi) is 3.57. The van der Waals surface area contributed by atoms with Gasteiger partial charge in [-0.05, 0) is 20.1 Å². The number of aromatic nitrogens is 2. The maximum atomic E-state index is 10.9. The Bertz CT molecular complexity index is 334. The topological polar surface area (TPSA) is 55.1 Å². The van der Waals surface area contributed by atoms with E-state index in [0.717, 1.165) is 11.6 Å². The van der Waals surface area contributed by atoms with Crippen molar-refractivity contribution in [2.75, 3.05) is 6.26 Å². The Labute approximate surface area is 87.3 Å². The first-order chi connectivity index (χ1) is 6.57. The minimum absolute atomic E-state index is 0.130. The number of nitrogens with zero attached hydrogens (tertiary/aromatic N) is 2. The first-order valence-electron chi connectivity index (χ1n) is 4.36. The molecule has 0 aliphatic carbocycles. The Morgan fingerprint density at radius 2 is 2.36 bits per heavy atom. The van der Waals surface area contributed by atoms with E-state index >= 15 is 0 Å². The molecule has 0 aliphatic rings. The van der Waals surface area contributed by atoms with Crippen molar-refractivity contribution >= 4 is 17.7 Å². The molecule has 4 nitrogen and oxygen atoms in total. The second kappa shape index (κ2) is 4.50. The van der Waals surface area contributed by atoms with Gasteiger partial charge in [-0.25, -0.2) is 9.78 Å². The smallest absolute Gasteiger partial charge is 0.354 e. The fraction of sp³-hybridized carbons (Fsp3) is 0.556. The lowest BCUT2D eigenvalue weighted by Crippen LogP contribution is -2.13. The molecule has 1 aromatic heterocycles. The second-order valence-electron chi connectivity index (χ2n) is 3.26. The van der Waals surface area contributed by atoms with E-state index in [1.165, 1.54) is 6.20 Å². The molecule has 0 amide bonds. The van der Waals surface area contributed by atoms with Crippen LogP contribution in [0.25, 0.3) is 0 Å². The molecule has 1 aromatic rings. The van der Waals surface area contributed by atoms with Gasteiger partial charge in [-0.1, -0.05) is 0 Å². The average Bonchev–Trinajstić information content (AvgIpc) is 2.48. The molecule has 0 fully saturated rings. The first kappa shape index (κ1) is 11.1. The predicted molar refractivity (Wildman–Crippen MR) is 56.8 cm³/mol. The summed E-state index contributed by atoms with van der Waals surface area (Å²) in [7, 11) is 0. The monoisotopic (exact) mass is 214 g/mol. The zero-order valence-corrected chi connectivity index (χ0v) is 9.34. The fourth-order valence-corrected chi connectivity index (χ4v) is 1.84. The molecule has 0 bridgehead atoms. The molecule has 0 radical (unpaired) electrons. The van der Waals surface area contributed by atoms with Crippen LogP contribution in [0.4, 0.5) is 0 Å². The van der Waals surface area contributed by atoms with Crippen LogP contribution in [0.5, 0.6) is 0 Å². The van der Waals surface area contributed by atoms with Crippen LogP contribution in [-0.4, -0.2) is 26.9 Å². The van der Waals surface area contributed by atoms with Crippen LogP contribution in [0.3, 0.4) is 0 Å². The van der Waals surface area contributed by atoms with Gasteiger partial charge in [0.15, 0.2) is 0 Å². The SMILES string of the molecule is CSCc1ncc(C(=O)O)n1C(C)C. The molecule has 0 aliphatic heterocycles. The number of hydrogen-bond donors (Lipinski definition) is 1. The highest BCUT2D eigenvalue weighted by Gasteiger charge is 2.16. The minimum atomic E-state index is -0.918. The lowest BCUT2D eigenvalue weighted by atomic mass is 10.3. The summed E-state index contributed by atoms with van der Waals surface area (Å²) in [5.74, 6) is 0.648. The quantitative estimate of drug-likeness (QED) is 0.833. The molecule has 0 atom stereocenters. The van der Waals surface area contributed by atoms with E-state index in [0.29, 0.717) is 0 Å². The maximum absolute atomic E-state index is 10.9. The third-order valence-corrected chi connectivity index (χ3v) is 2.43. The van der Waals surface area contributed by atoms with Crippen LogP contribution in [0, 0.1) is 0 Å². The van der Waals surface area contributed by atoms with Gasteiger partial charge in [0.25, 0.3) is 0 Å². The summed E-state index contributed by atoms with van der Waals surface area (Å²) in [6.07, 6.45) is 3.40. The summed E-state index contributed by atoms with van der Waals surface area (Å²) < 4.78 is 1.76. The fourth-order valence-electron chi connectivity index (χ4n) is 1.37. The van der Waals surface area contributed by atoms with Crippen molar-refractivity contribution in [2.24, 2.45) is 0 Å². The average molecular weight is 214 g/mol. The van der Waals surface area contributed by atoms with Gasteiger partial charge in [0.2, 0.25) is 0 Å². The van der Waals surface area contributed by atoms with E-state index in [-0.39, 0.29) is 11.7 Å². The van der Waals surface area contributed by atoms with Crippen LogP contribution in [0.15, 0.2) is 6.20 Å². The van der Waals surface area contributed by atoms with Gasteiger partial charge in [0.05, 0.1) is 11.9 Å². The number of imidazole rings is 1. The number of thioether (sulfide) groups is 1. The van der Waals surface area contributed by atoms with Crippen molar-refractivity contribution in [1.82, 2.24) is 9.55 Å². The summed E-state index contributed by atoms with van der Waals surface area (Å²) in [6, 6.07) is 0.130. The molecule has 1 heterocycles. The van der Waals surface area contributed by atoms with E-state index in [1.807, 2.05) is 20.1 Å². The number of hydrogen-bond acceptors (Lipinski definition) is 3. The third-order valence-electron chi connectivity index (χ3n) is 1.88. The molecular weight excluding hydrogens is 200 g/mol. The molecule has 0 aromatic carbocycles. The van der Waals surface area contributed by atoms with Crippen LogP contribution < -0.4 is 0 Å². The van der Waals surface area contributed by atoms with Gasteiger partial charge in [0, 0.05) is 6.04 Å². The van der Waals surface area contributed by atoms with Gasteiger partial charge in [0.1, 0.15) is 11.5 Å². The molecule has 0 saturated heterocycles. The number of carbonyl (C=O) groups is 1. The molecule has 1 N–H and O–H groups in total. The maximum Gasteiger partial charge on any atom is 0.354 e. The number of aromatic carboxylic acids is 1. The number of rotatable bonds is 4. The summed E-state index contributed by atoms with van der Waals surface area (Å²) in [5.41, 5.74) is 0.268. The highest BCUT2D eigenvalue weighted by atomic mass is 32.2. The first-order valence-corrected chi connectivity index (χ1v) is 5.75. The Morgan fingerprint density at radius 3 is 2.79 bits per heavy atom. The molecule has 0 spiro atoms. The summed E-state index contributed by atoms with van der Waals surface area (Å²) >= 11 is 1.64. The van der Waals surface area contributed by atoms with E-state index < -0.39 is 5.97 Å². The third kappa shape index (κ3) is 2.09. The van der Waals surface area contributed by atoms with E-state index in [1.54, 1.807) is 16.3 Å². The second-order valence-corrected chi connectivity index (χ2v) is 4.13. The molecular formula is C9H14N2O2S. The van der Waals surface area contributed by atoms with Gasteiger partial charge in [-0.15, -0.1) is 0 Å². The van der Waals surface area contributed by atoms with Gasteiger partial charge < -0.3 is 9.67 Å². The number of carboxylic acid groups (broad SMARTS) is 1. The van der Waals surface area contributed by atoms with Crippen molar-refractivity contribution in [3.8, 4) is 0 Å². The lowest BCUT2D eigenvalue weighted by molar-refractivity contribution is 0.0683. The van der Waals surface area contributed by atoms with E-state index in [4.69, 9.17) is 5.11 Å². The number of carboxylic acids is 1. The largest absolute Gasteiger partial charge is 0.477 e. The van der Waals surface area contributed by atoms with Crippen molar-refractivity contribution in [1.29, 1.82) is 0 Å². The highest BCUT2D eigenvalue weighted by molar-refractivity contribution is 7.97. The summed E-state index contributed by atoms with van der Waals surface area (Å²) in [4.78, 5) is 15.0. The van der Waals surface area contributed by atoms with E-state index in [2.05, 4.69) is 4.98 Å². The highest BCUT2D eigenvalue weighted by Crippen LogP contribution is 2.17. The summed E-state index contributed by atoms with van der Waals surface area (Å²) in [5, 5.41) is 8.93. The van der Waals surface area contributed by atoms with Gasteiger partial charge in [-0.3, -0.25) is 0 Å². The lowest BCUT2D eigenvalue weighted by Gasteiger charge is -2.12. The van der Waals surface area contributed by atoms with Crippen molar-refractivity contribution in [3.05, 3.63) is 17.7 Å². The van der Waals surface area contributed by atoms with Crippen LogP contribution in [-0.2, 0) is 5.75 Å². The van der Waals surface area contributed by atoms with Gasteiger partial charge >= 0.3 is 5.97 Å². The Hall–Kier alpha value is -0.970.